The topological polar surface area (TPSA) is 58.0 Å². The van der Waals surface area contributed by atoms with Crippen LogP contribution in [0.3, 0.4) is 0 Å². The summed E-state index contributed by atoms with van der Waals surface area (Å²) >= 11 is 0. The Balaban J connectivity index is 2.08. The van der Waals surface area contributed by atoms with E-state index in [4.69, 9.17) is 0 Å². The van der Waals surface area contributed by atoms with Crippen molar-refractivity contribution in [1.29, 1.82) is 0 Å². The second kappa shape index (κ2) is 5.45. The Labute approximate surface area is 102 Å². The van der Waals surface area contributed by atoms with Crippen LogP contribution in [-0.2, 0) is 0 Å². The number of aryl methyl sites for hydroxylation is 2. The van der Waals surface area contributed by atoms with Gasteiger partial charge in [0.1, 0.15) is 0 Å². The van der Waals surface area contributed by atoms with E-state index in [1.807, 2.05) is 19.9 Å². The Morgan fingerprint density at radius 3 is 2.53 bits per heavy atom. The van der Waals surface area contributed by atoms with Crippen molar-refractivity contribution in [2.75, 3.05) is 11.9 Å². The molecule has 1 aromatic rings. The van der Waals surface area contributed by atoms with Gasteiger partial charge in [-0.1, -0.05) is 12.8 Å². The summed E-state index contributed by atoms with van der Waals surface area (Å²) in [5, 5.41) is 12.7. The highest BCUT2D eigenvalue weighted by Crippen LogP contribution is 2.26. The molecule has 1 aliphatic rings. The predicted molar refractivity (Wildman–Crippen MR) is 68.0 cm³/mol. The fourth-order valence-electron chi connectivity index (χ4n) is 2.57. The molecule has 1 aromatic heterocycles. The summed E-state index contributed by atoms with van der Waals surface area (Å²) in [6.45, 7) is 4.21. The normalized spacial score (nSPS) is 24.6. The van der Waals surface area contributed by atoms with Gasteiger partial charge in [0.05, 0.1) is 0 Å². The number of aliphatic hydroxyl groups is 1. The number of hydrogen-bond donors (Lipinski definition) is 2. The van der Waals surface area contributed by atoms with E-state index in [2.05, 4.69) is 15.3 Å². The summed E-state index contributed by atoms with van der Waals surface area (Å²) in [6.07, 6.45) is 4.64. The summed E-state index contributed by atoms with van der Waals surface area (Å²) in [4.78, 5) is 8.79. The van der Waals surface area contributed by atoms with E-state index in [1.165, 1.54) is 12.8 Å². The molecular formula is C13H21N3O. The van der Waals surface area contributed by atoms with Crippen LogP contribution in [0.1, 0.15) is 37.1 Å². The summed E-state index contributed by atoms with van der Waals surface area (Å²) in [5.74, 6) is 1.04. The smallest absolute Gasteiger partial charge is 0.223 e. The summed E-state index contributed by atoms with van der Waals surface area (Å²) in [7, 11) is 0. The SMILES string of the molecule is Cc1cc(C)nc(NC2CCCCC2CO)n1. The molecule has 2 N–H and O–H groups in total. The molecule has 0 aromatic carbocycles. The first kappa shape index (κ1) is 12.3. The first-order chi connectivity index (χ1) is 8.19. The molecule has 0 bridgehead atoms. The Kier molecular flexibility index (Phi) is 3.94. The molecule has 2 atom stereocenters. The molecule has 2 unspecified atom stereocenters. The molecule has 2 rings (SSSR count). The number of nitrogens with zero attached hydrogens (tertiary/aromatic N) is 2. The second-order valence-electron chi connectivity index (χ2n) is 4.95. The summed E-state index contributed by atoms with van der Waals surface area (Å²) in [5.41, 5.74) is 1.97. The molecule has 0 saturated heterocycles. The molecule has 1 aliphatic carbocycles. The zero-order chi connectivity index (χ0) is 12.3. The molecule has 0 amide bonds. The van der Waals surface area contributed by atoms with E-state index >= 15 is 0 Å². The number of aromatic nitrogens is 2. The number of hydrogen-bond acceptors (Lipinski definition) is 4. The molecule has 0 spiro atoms. The van der Waals surface area contributed by atoms with E-state index in [-0.39, 0.29) is 6.61 Å². The lowest BCUT2D eigenvalue weighted by molar-refractivity contribution is 0.178. The van der Waals surface area contributed by atoms with Crippen molar-refractivity contribution >= 4 is 5.95 Å². The molecule has 4 heteroatoms. The van der Waals surface area contributed by atoms with Gasteiger partial charge in [-0.25, -0.2) is 9.97 Å². The van der Waals surface area contributed by atoms with E-state index in [1.54, 1.807) is 0 Å². The first-order valence-electron chi connectivity index (χ1n) is 6.38. The maximum Gasteiger partial charge on any atom is 0.223 e. The van der Waals surface area contributed by atoms with Crippen molar-refractivity contribution in [3.8, 4) is 0 Å². The largest absolute Gasteiger partial charge is 0.396 e. The molecule has 94 valence electrons. The van der Waals surface area contributed by atoms with E-state index < -0.39 is 0 Å². The molecular weight excluding hydrogens is 214 g/mol. The average Bonchev–Trinajstić information content (AvgIpc) is 2.28. The third-order valence-electron chi connectivity index (χ3n) is 3.44. The third-order valence-corrected chi connectivity index (χ3v) is 3.44. The fourth-order valence-corrected chi connectivity index (χ4v) is 2.57. The van der Waals surface area contributed by atoms with Gasteiger partial charge < -0.3 is 10.4 Å². The maximum atomic E-state index is 9.37. The van der Waals surface area contributed by atoms with Crippen LogP contribution in [0.4, 0.5) is 5.95 Å². The van der Waals surface area contributed by atoms with Crippen LogP contribution in [0.15, 0.2) is 6.07 Å². The molecule has 17 heavy (non-hydrogen) atoms. The zero-order valence-corrected chi connectivity index (χ0v) is 10.6. The standard InChI is InChI=1S/C13H21N3O/c1-9-7-10(2)15-13(14-9)16-12-6-4-3-5-11(12)8-17/h7,11-12,17H,3-6,8H2,1-2H3,(H,14,15,16). The molecule has 1 fully saturated rings. The number of anilines is 1. The fraction of sp³-hybridized carbons (Fsp3) is 0.692. The third kappa shape index (κ3) is 3.16. The highest BCUT2D eigenvalue weighted by molar-refractivity contribution is 5.29. The van der Waals surface area contributed by atoms with Gasteiger partial charge in [0.15, 0.2) is 0 Å². The van der Waals surface area contributed by atoms with E-state index in [9.17, 15) is 5.11 Å². The molecule has 1 heterocycles. The van der Waals surface area contributed by atoms with E-state index in [0.29, 0.717) is 17.9 Å². The van der Waals surface area contributed by atoms with Gasteiger partial charge >= 0.3 is 0 Å². The summed E-state index contributed by atoms with van der Waals surface area (Å²) < 4.78 is 0. The molecule has 1 saturated carbocycles. The van der Waals surface area contributed by atoms with Crippen LogP contribution >= 0.6 is 0 Å². The number of aliphatic hydroxyl groups excluding tert-OH is 1. The Morgan fingerprint density at radius 1 is 1.24 bits per heavy atom. The molecule has 4 nitrogen and oxygen atoms in total. The van der Waals surface area contributed by atoms with Gasteiger partial charge in [-0.15, -0.1) is 0 Å². The van der Waals surface area contributed by atoms with Crippen molar-refractivity contribution in [2.24, 2.45) is 5.92 Å². The van der Waals surface area contributed by atoms with Gasteiger partial charge in [0.25, 0.3) is 0 Å². The highest BCUT2D eigenvalue weighted by atomic mass is 16.3. The Morgan fingerprint density at radius 2 is 1.88 bits per heavy atom. The van der Waals surface area contributed by atoms with Crippen molar-refractivity contribution in [2.45, 2.75) is 45.6 Å². The minimum absolute atomic E-state index is 0.252. The minimum Gasteiger partial charge on any atom is -0.396 e. The zero-order valence-electron chi connectivity index (χ0n) is 10.6. The number of nitrogens with one attached hydrogen (secondary N) is 1. The lowest BCUT2D eigenvalue weighted by Gasteiger charge is -2.30. The van der Waals surface area contributed by atoms with Gasteiger partial charge in [-0.3, -0.25) is 0 Å². The van der Waals surface area contributed by atoms with Crippen LogP contribution in [0.2, 0.25) is 0 Å². The van der Waals surface area contributed by atoms with Gasteiger partial charge in [0.2, 0.25) is 5.95 Å². The maximum absolute atomic E-state index is 9.37. The minimum atomic E-state index is 0.252. The van der Waals surface area contributed by atoms with Gasteiger partial charge in [0, 0.05) is 30.0 Å². The Bertz CT molecular complexity index is 361. The highest BCUT2D eigenvalue weighted by Gasteiger charge is 2.24. The summed E-state index contributed by atoms with van der Waals surface area (Å²) in [6, 6.07) is 2.28. The van der Waals surface area contributed by atoms with Crippen LogP contribution < -0.4 is 5.32 Å². The van der Waals surface area contributed by atoms with Gasteiger partial charge in [-0.2, -0.15) is 0 Å². The quantitative estimate of drug-likeness (QED) is 0.842. The van der Waals surface area contributed by atoms with E-state index in [0.717, 1.165) is 24.2 Å². The van der Waals surface area contributed by atoms with Crippen molar-refractivity contribution in [1.82, 2.24) is 9.97 Å². The average molecular weight is 235 g/mol. The second-order valence-corrected chi connectivity index (χ2v) is 4.95. The van der Waals surface area contributed by atoms with Crippen LogP contribution in [0.5, 0.6) is 0 Å². The predicted octanol–water partition coefficient (Wildman–Crippen LogP) is 2.06. The lowest BCUT2D eigenvalue weighted by Crippen LogP contribution is -2.35. The van der Waals surface area contributed by atoms with Crippen LogP contribution in [0, 0.1) is 19.8 Å². The molecule has 0 radical (unpaired) electrons. The van der Waals surface area contributed by atoms with Gasteiger partial charge in [-0.05, 0) is 32.8 Å². The number of rotatable bonds is 3. The van der Waals surface area contributed by atoms with Crippen molar-refractivity contribution in [3.63, 3.8) is 0 Å². The van der Waals surface area contributed by atoms with Crippen LogP contribution in [0.25, 0.3) is 0 Å². The van der Waals surface area contributed by atoms with Crippen molar-refractivity contribution in [3.05, 3.63) is 17.5 Å². The van der Waals surface area contributed by atoms with Crippen LogP contribution in [-0.4, -0.2) is 27.7 Å². The molecule has 0 aliphatic heterocycles. The monoisotopic (exact) mass is 235 g/mol. The lowest BCUT2D eigenvalue weighted by atomic mass is 9.85. The van der Waals surface area contributed by atoms with Crippen molar-refractivity contribution < 1.29 is 5.11 Å². The Hall–Kier alpha value is -1.16. The first-order valence-corrected chi connectivity index (χ1v) is 6.38.